The van der Waals surface area contributed by atoms with Gasteiger partial charge in [0.2, 0.25) is 0 Å². The molecule has 5 aliphatic heterocycles. The molecule has 6 nitrogen and oxygen atoms in total. The first kappa shape index (κ1) is 28.7. The van der Waals surface area contributed by atoms with Crippen molar-refractivity contribution >= 4 is 33.4 Å². The van der Waals surface area contributed by atoms with Gasteiger partial charge in [-0.3, -0.25) is 9.80 Å². The molecule has 234 valence electrons. The molecular formula is C39H48N6. The Morgan fingerprint density at radius 2 is 1.11 bits per heavy atom. The van der Waals surface area contributed by atoms with Crippen LogP contribution < -0.4 is 9.80 Å². The fraction of sp³-hybridized carbons (Fsp3) is 0.436. The van der Waals surface area contributed by atoms with Crippen molar-refractivity contribution in [3.8, 4) is 0 Å². The Morgan fingerprint density at radius 1 is 0.556 bits per heavy atom. The van der Waals surface area contributed by atoms with Crippen molar-refractivity contribution in [2.24, 2.45) is 14.1 Å². The zero-order valence-corrected chi connectivity index (χ0v) is 27.6. The SMILES string of the molecule is CC1N(C)C2CCC(c3ccccc32)N1c1cc2ccccc2n1C.CC1N2CCCC(CC2)N1c1cc2ccccc2n1C. The lowest BCUT2D eigenvalue weighted by atomic mass is 9.84. The number of aromatic nitrogens is 2. The number of benzene rings is 3. The summed E-state index contributed by atoms with van der Waals surface area (Å²) in [6.45, 7) is 7.26. The summed E-state index contributed by atoms with van der Waals surface area (Å²) in [6.07, 6.45) is 7.34. The number of hydrogen-bond acceptors (Lipinski definition) is 4. The normalized spacial score (nSPS) is 27.8. The van der Waals surface area contributed by atoms with E-state index in [1.165, 1.54) is 89.8 Å². The van der Waals surface area contributed by atoms with E-state index in [0.717, 1.165) is 0 Å². The van der Waals surface area contributed by atoms with Crippen LogP contribution in [0.1, 0.15) is 69.2 Å². The lowest BCUT2D eigenvalue weighted by Gasteiger charge is -2.45. The summed E-state index contributed by atoms with van der Waals surface area (Å²) in [5.41, 5.74) is 5.68. The van der Waals surface area contributed by atoms with E-state index in [2.05, 4.69) is 149 Å². The molecule has 6 atom stereocenters. The van der Waals surface area contributed by atoms with E-state index in [-0.39, 0.29) is 0 Å². The molecule has 0 amide bonds. The number of anilines is 2. The molecule has 0 N–H and O–H groups in total. The average Bonchev–Trinajstić information content (AvgIpc) is 3.29. The van der Waals surface area contributed by atoms with Crippen molar-refractivity contribution in [3.63, 3.8) is 0 Å². The van der Waals surface area contributed by atoms with E-state index < -0.39 is 0 Å². The molecule has 5 aromatic rings. The molecule has 1 aliphatic carbocycles. The maximum absolute atomic E-state index is 2.66. The van der Waals surface area contributed by atoms with Gasteiger partial charge in [0.15, 0.2) is 0 Å². The third-order valence-corrected chi connectivity index (χ3v) is 11.7. The summed E-state index contributed by atoms with van der Waals surface area (Å²) in [5, 5.41) is 2.68. The smallest absolute Gasteiger partial charge is 0.111 e. The van der Waals surface area contributed by atoms with Crippen LogP contribution in [0.4, 0.5) is 11.6 Å². The van der Waals surface area contributed by atoms with Crippen LogP contribution in [0.15, 0.2) is 84.9 Å². The molecule has 7 heterocycles. The van der Waals surface area contributed by atoms with Crippen molar-refractivity contribution < 1.29 is 0 Å². The molecule has 4 fully saturated rings. The van der Waals surface area contributed by atoms with Crippen LogP contribution in [-0.4, -0.2) is 57.4 Å². The van der Waals surface area contributed by atoms with Gasteiger partial charge in [0.05, 0.1) is 18.4 Å². The maximum Gasteiger partial charge on any atom is 0.111 e. The highest BCUT2D eigenvalue weighted by Crippen LogP contribution is 2.49. The Labute approximate surface area is 268 Å². The van der Waals surface area contributed by atoms with Crippen molar-refractivity contribution in [1.29, 1.82) is 0 Å². The van der Waals surface area contributed by atoms with Crippen LogP contribution in [-0.2, 0) is 14.1 Å². The summed E-state index contributed by atoms with van der Waals surface area (Å²) in [4.78, 5) is 10.5. The summed E-state index contributed by atoms with van der Waals surface area (Å²) < 4.78 is 4.73. The predicted octanol–water partition coefficient (Wildman–Crippen LogP) is 8.05. The zero-order valence-electron chi connectivity index (χ0n) is 27.6. The highest BCUT2D eigenvalue weighted by atomic mass is 15.4. The minimum atomic E-state index is 0.368. The monoisotopic (exact) mass is 600 g/mol. The van der Waals surface area contributed by atoms with Gasteiger partial charge in [-0.1, -0.05) is 60.7 Å². The standard InChI is InChI=1S/C22H25N3.C17H23N3/c1-15-23(2)20-12-13-21(18-10-6-5-9-17(18)20)25(15)22-14-16-8-4-7-11-19(16)24(22)3;1-13-19-10-5-7-15(9-11-19)20(13)17-12-14-6-3-4-8-16(14)18(17)2/h4-11,14-15,20-21H,12-13H2,1-3H3;3-4,6,8,12-13,15H,5,7,9-11H2,1-2H3. The van der Waals surface area contributed by atoms with E-state index in [1.807, 2.05) is 0 Å². The molecule has 6 heteroatoms. The summed E-state index contributed by atoms with van der Waals surface area (Å²) in [7, 11) is 6.70. The van der Waals surface area contributed by atoms with Gasteiger partial charge >= 0.3 is 0 Å². The molecule has 11 rings (SSSR count). The summed E-state index contributed by atoms with van der Waals surface area (Å²) >= 11 is 0. The van der Waals surface area contributed by atoms with Gasteiger partial charge in [0.25, 0.3) is 0 Å². The second-order valence-electron chi connectivity index (χ2n) is 13.8. The van der Waals surface area contributed by atoms with Crippen molar-refractivity contribution in [2.45, 2.75) is 76.4 Å². The molecule has 45 heavy (non-hydrogen) atoms. The first-order valence-corrected chi connectivity index (χ1v) is 17.1. The lowest BCUT2D eigenvalue weighted by molar-refractivity contribution is 0.176. The van der Waals surface area contributed by atoms with E-state index in [0.29, 0.717) is 30.5 Å². The van der Waals surface area contributed by atoms with Gasteiger partial charge in [-0.2, -0.15) is 0 Å². The lowest BCUT2D eigenvalue weighted by Crippen LogP contribution is -2.55. The van der Waals surface area contributed by atoms with Crippen molar-refractivity contribution in [2.75, 3.05) is 29.9 Å². The van der Waals surface area contributed by atoms with Crippen LogP contribution in [0.5, 0.6) is 0 Å². The van der Waals surface area contributed by atoms with Crippen molar-refractivity contribution in [1.82, 2.24) is 18.9 Å². The summed E-state index contributed by atoms with van der Waals surface area (Å²) in [6, 6.07) is 32.9. The first-order chi connectivity index (χ1) is 21.9. The number of fused-ring (bicyclic) bond motifs is 9. The third kappa shape index (κ3) is 4.59. The molecule has 3 aromatic carbocycles. The van der Waals surface area contributed by atoms with Crippen LogP contribution in [0.2, 0.25) is 0 Å². The van der Waals surface area contributed by atoms with Gasteiger partial charge in [-0.25, -0.2) is 0 Å². The van der Waals surface area contributed by atoms with E-state index in [9.17, 15) is 0 Å². The molecule has 6 aliphatic rings. The van der Waals surface area contributed by atoms with Gasteiger partial charge < -0.3 is 18.9 Å². The largest absolute Gasteiger partial charge is 0.339 e. The molecule has 0 spiro atoms. The molecule has 4 saturated heterocycles. The quantitative estimate of drug-likeness (QED) is 0.205. The van der Waals surface area contributed by atoms with Crippen LogP contribution in [0, 0.1) is 0 Å². The maximum atomic E-state index is 2.66. The number of aryl methyl sites for hydroxylation is 2. The number of nitrogens with zero attached hydrogens (tertiary/aromatic N) is 6. The molecule has 4 bridgehead atoms. The fourth-order valence-electron chi connectivity index (χ4n) is 9.18. The summed E-state index contributed by atoms with van der Waals surface area (Å²) in [5.74, 6) is 2.71. The van der Waals surface area contributed by atoms with Gasteiger partial charge in [0, 0.05) is 61.1 Å². The highest BCUT2D eigenvalue weighted by molar-refractivity contribution is 5.86. The van der Waals surface area contributed by atoms with E-state index in [1.54, 1.807) is 0 Å². The Hall–Kier alpha value is -3.74. The topological polar surface area (TPSA) is 22.8 Å². The minimum absolute atomic E-state index is 0.368. The molecular weight excluding hydrogens is 552 g/mol. The van der Waals surface area contributed by atoms with Crippen LogP contribution in [0.25, 0.3) is 21.8 Å². The highest BCUT2D eigenvalue weighted by Gasteiger charge is 2.42. The second kappa shape index (κ2) is 11.3. The zero-order chi connectivity index (χ0) is 30.8. The third-order valence-electron chi connectivity index (χ3n) is 11.7. The predicted molar refractivity (Wildman–Crippen MR) is 188 cm³/mol. The molecule has 6 unspecified atom stereocenters. The second-order valence-corrected chi connectivity index (χ2v) is 13.8. The number of para-hydroxylation sites is 2. The van der Waals surface area contributed by atoms with Crippen LogP contribution in [0.3, 0.4) is 0 Å². The van der Waals surface area contributed by atoms with Gasteiger partial charge in [0.1, 0.15) is 11.6 Å². The van der Waals surface area contributed by atoms with Crippen molar-refractivity contribution in [3.05, 3.63) is 96.1 Å². The Balaban J connectivity index is 0.000000137. The van der Waals surface area contributed by atoms with Gasteiger partial charge in [-0.15, -0.1) is 0 Å². The van der Waals surface area contributed by atoms with Crippen LogP contribution >= 0.6 is 0 Å². The molecule has 2 aromatic heterocycles. The van der Waals surface area contributed by atoms with Gasteiger partial charge in [-0.05, 0) is 88.4 Å². The fourth-order valence-corrected chi connectivity index (χ4v) is 9.18. The van der Waals surface area contributed by atoms with E-state index in [4.69, 9.17) is 0 Å². The first-order valence-electron chi connectivity index (χ1n) is 17.1. The molecule has 0 saturated carbocycles. The number of rotatable bonds is 2. The Bertz CT molecular complexity index is 1830. The van der Waals surface area contributed by atoms with E-state index >= 15 is 0 Å². The Morgan fingerprint density at radius 3 is 1.76 bits per heavy atom. The Kier molecular flexibility index (Phi) is 7.18. The number of hydrogen-bond donors (Lipinski definition) is 0. The molecule has 0 radical (unpaired) electrons. The minimum Gasteiger partial charge on any atom is -0.339 e. The average molecular weight is 601 g/mol.